The summed E-state index contributed by atoms with van der Waals surface area (Å²) in [6.07, 6.45) is 0. The number of nitrogens with zero attached hydrogens (tertiary/aromatic N) is 2. The van der Waals surface area contributed by atoms with Gasteiger partial charge in [0, 0.05) is 32.1 Å². The van der Waals surface area contributed by atoms with Crippen molar-refractivity contribution in [1.29, 1.82) is 0 Å². The molecule has 0 spiro atoms. The summed E-state index contributed by atoms with van der Waals surface area (Å²) in [5.41, 5.74) is 3.03. The lowest BCUT2D eigenvalue weighted by atomic mass is 9.83. The summed E-state index contributed by atoms with van der Waals surface area (Å²) < 4.78 is 41.3. The third kappa shape index (κ3) is 5.09. The highest BCUT2D eigenvalue weighted by Gasteiger charge is 2.32. The Balaban J connectivity index is 1.48. The molecular formula is C23H28FN2O4S-. The molecule has 0 saturated carbocycles. The zero-order valence-electron chi connectivity index (χ0n) is 17.6. The third-order valence-electron chi connectivity index (χ3n) is 6.16. The molecule has 0 radical (unpaired) electrons. The highest BCUT2D eigenvalue weighted by Crippen LogP contribution is 2.41. The standard InChI is InChI=1S/C23H29FN2O4S/c1-16-12-26(15-31(28)29)23(21-7-4-19(27)10-22(16)21)18-2-5-20(6-3-18)30-9-8-25-13-17(11-24)14-25/h2-7,10,16-17,23,27H,8-9,11-15H2,1H3,(H,28,29)/p-1/t16-,23+/m1/s1. The van der Waals surface area contributed by atoms with E-state index in [4.69, 9.17) is 4.74 Å². The summed E-state index contributed by atoms with van der Waals surface area (Å²) in [5.74, 6) is 1.20. The zero-order chi connectivity index (χ0) is 22.0. The van der Waals surface area contributed by atoms with Crippen LogP contribution in [0.5, 0.6) is 11.5 Å². The molecule has 1 fully saturated rings. The predicted molar refractivity (Wildman–Crippen MR) is 117 cm³/mol. The first-order valence-electron chi connectivity index (χ1n) is 10.6. The van der Waals surface area contributed by atoms with E-state index in [1.165, 1.54) is 0 Å². The van der Waals surface area contributed by atoms with Gasteiger partial charge in [-0.2, -0.15) is 0 Å². The lowest BCUT2D eigenvalue weighted by Gasteiger charge is -2.41. The van der Waals surface area contributed by atoms with Crippen LogP contribution in [-0.2, 0) is 11.1 Å². The average Bonchev–Trinajstić information content (AvgIpc) is 2.70. The van der Waals surface area contributed by atoms with Crippen molar-refractivity contribution in [2.24, 2.45) is 5.92 Å². The summed E-state index contributed by atoms with van der Waals surface area (Å²) in [5, 5.41) is 9.93. The van der Waals surface area contributed by atoms with E-state index >= 15 is 0 Å². The van der Waals surface area contributed by atoms with E-state index < -0.39 is 11.1 Å². The lowest BCUT2D eigenvalue weighted by molar-refractivity contribution is 0.0668. The van der Waals surface area contributed by atoms with Crippen molar-refractivity contribution in [3.05, 3.63) is 59.2 Å². The van der Waals surface area contributed by atoms with E-state index in [1.54, 1.807) is 12.1 Å². The van der Waals surface area contributed by atoms with E-state index in [2.05, 4.69) is 4.90 Å². The van der Waals surface area contributed by atoms with Crippen LogP contribution in [0.1, 0.15) is 35.6 Å². The van der Waals surface area contributed by atoms with Crippen molar-refractivity contribution in [3.8, 4) is 11.5 Å². The zero-order valence-corrected chi connectivity index (χ0v) is 18.4. The van der Waals surface area contributed by atoms with Gasteiger partial charge in [0.15, 0.2) is 0 Å². The first-order valence-corrected chi connectivity index (χ1v) is 11.8. The van der Waals surface area contributed by atoms with Gasteiger partial charge in [-0.25, -0.2) is 0 Å². The third-order valence-corrected chi connectivity index (χ3v) is 6.71. The van der Waals surface area contributed by atoms with Gasteiger partial charge in [0.25, 0.3) is 0 Å². The number of phenols is 1. The van der Waals surface area contributed by atoms with Crippen LogP contribution in [0.15, 0.2) is 42.5 Å². The molecule has 8 heteroatoms. The Morgan fingerprint density at radius 1 is 1.16 bits per heavy atom. The molecule has 0 aromatic heterocycles. The Bertz CT molecular complexity index is 920. The Morgan fingerprint density at radius 2 is 1.90 bits per heavy atom. The van der Waals surface area contributed by atoms with Crippen LogP contribution in [-0.4, -0.2) is 69.0 Å². The molecule has 31 heavy (non-hydrogen) atoms. The number of alkyl halides is 1. The monoisotopic (exact) mass is 447 g/mol. The molecule has 3 atom stereocenters. The molecule has 2 heterocycles. The molecular weight excluding hydrogens is 419 g/mol. The molecule has 0 bridgehead atoms. The summed E-state index contributed by atoms with van der Waals surface area (Å²) in [6, 6.07) is 12.8. The topological polar surface area (TPSA) is 76.1 Å². The molecule has 2 aliphatic rings. The Hall–Kier alpha value is -2.00. The smallest absolute Gasteiger partial charge is 0.119 e. The van der Waals surface area contributed by atoms with Crippen molar-refractivity contribution in [2.45, 2.75) is 18.9 Å². The Kier molecular flexibility index (Phi) is 6.91. The van der Waals surface area contributed by atoms with Gasteiger partial charge in [-0.05, 0) is 58.0 Å². The van der Waals surface area contributed by atoms with Crippen molar-refractivity contribution >= 4 is 11.1 Å². The highest BCUT2D eigenvalue weighted by atomic mass is 32.2. The van der Waals surface area contributed by atoms with E-state index in [1.807, 2.05) is 42.2 Å². The molecule has 0 amide bonds. The van der Waals surface area contributed by atoms with Crippen molar-refractivity contribution < 1.29 is 23.0 Å². The number of fused-ring (bicyclic) bond motifs is 1. The van der Waals surface area contributed by atoms with Gasteiger partial charge in [0.2, 0.25) is 0 Å². The molecule has 2 aromatic rings. The number of aromatic hydroxyl groups is 1. The number of hydrogen-bond acceptors (Lipinski definition) is 6. The molecule has 0 aliphatic carbocycles. The fraction of sp³-hybridized carbons (Fsp3) is 0.478. The van der Waals surface area contributed by atoms with Gasteiger partial charge in [-0.3, -0.25) is 18.4 Å². The number of rotatable bonds is 8. The molecule has 2 aliphatic heterocycles. The second-order valence-electron chi connectivity index (χ2n) is 8.52. The second-order valence-corrected chi connectivity index (χ2v) is 9.38. The largest absolute Gasteiger partial charge is 0.771 e. The number of hydrogen-bond donors (Lipinski definition) is 1. The van der Waals surface area contributed by atoms with Crippen LogP contribution in [0.3, 0.4) is 0 Å². The van der Waals surface area contributed by atoms with Crippen LogP contribution < -0.4 is 4.74 Å². The van der Waals surface area contributed by atoms with E-state index in [-0.39, 0.29) is 36.2 Å². The maximum absolute atomic E-state index is 12.5. The molecule has 4 rings (SSSR count). The first-order chi connectivity index (χ1) is 14.9. The minimum Gasteiger partial charge on any atom is -0.771 e. The normalized spacial score (nSPS) is 23.2. The SMILES string of the molecule is C[C@@H]1CN(CS(=O)[O-])[C@@H](c2ccc(OCCN3CC(CF)C3)cc2)c2ccc(O)cc21. The maximum atomic E-state index is 12.5. The van der Waals surface area contributed by atoms with Crippen molar-refractivity contribution in [2.75, 3.05) is 45.3 Å². The van der Waals surface area contributed by atoms with Crippen LogP contribution in [0, 0.1) is 5.92 Å². The van der Waals surface area contributed by atoms with Gasteiger partial charge in [0.1, 0.15) is 18.1 Å². The van der Waals surface area contributed by atoms with Gasteiger partial charge in [0.05, 0.1) is 18.6 Å². The molecule has 6 nitrogen and oxygen atoms in total. The van der Waals surface area contributed by atoms with E-state index in [0.717, 1.165) is 42.1 Å². The molecule has 1 N–H and O–H groups in total. The quantitative estimate of drug-likeness (QED) is 0.627. The average molecular weight is 448 g/mol. The van der Waals surface area contributed by atoms with Crippen LogP contribution in [0.25, 0.3) is 0 Å². The Morgan fingerprint density at radius 3 is 2.58 bits per heavy atom. The van der Waals surface area contributed by atoms with Gasteiger partial charge < -0.3 is 14.4 Å². The van der Waals surface area contributed by atoms with Crippen molar-refractivity contribution in [3.63, 3.8) is 0 Å². The summed E-state index contributed by atoms with van der Waals surface area (Å²) in [4.78, 5) is 4.13. The number of likely N-dealkylation sites (tertiary alicyclic amines) is 1. The van der Waals surface area contributed by atoms with E-state index in [0.29, 0.717) is 13.2 Å². The fourth-order valence-corrected chi connectivity index (χ4v) is 5.16. The minimum atomic E-state index is -2.19. The van der Waals surface area contributed by atoms with Crippen molar-refractivity contribution in [1.82, 2.24) is 9.80 Å². The van der Waals surface area contributed by atoms with Crippen LogP contribution in [0.2, 0.25) is 0 Å². The van der Waals surface area contributed by atoms with Gasteiger partial charge >= 0.3 is 0 Å². The summed E-state index contributed by atoms with van der Waals surface area (Å²) in [6.45, 7) is 5.29. The minimum absolute atomic E-state index is 0.0523. The predicted octanol–water partition coefficient (Wildman–Crippen LogP) is 3.02. The fourth-order valence-electron chi connectivity index (χ4n) is 4.64. The Labute approximate surface area is 184 Å². The van der Waals surface area contributed by atoms with Crippen LogP contribution in [0.4, 0.5) is 4.39 Å². The molecule has 1 unspecified atom stereocenters. The maximum Gasteiger partial charge on any atom is 0.119 e. The van der Waals surface area contributed by atoms with E-state index in [9.17, 15) is 18.3 Å². The number of ether oxygens (including phenoxy) is 1. The second kappa shape index (κ2) is 9.65. The lowest BCUT2D eigenvalue weighted by Crippen LogP contribution is -2.49. The first kappa shape index (κ1) is 22.2. The number of benzene rings is 2. The van der Waals surface area contributed by atoms with Crippen LogP contribution >= 0.6 is 0 Å². The molecule has 168 valence electrons. The summed E-state index contributed by atoms with van der Waals surface area (Å²) in [7, 11) is 0. The summed E-state index contributed by atoms with van der Waals surface area (Å²) >= 11 is -2.19. The number of phenolic OH excluding ortho intramolecular Hbond substituents is 1. The number of halogens is 1. The van der Waals surface area contributed by atoms with Gasteiger partial charge in [-0.15, -0.1) is 0 Å². The van der Waals surface area contributed by atoms with Gasteiger partial charge in [-0.1, -0.05) is 25.1 Å². The molecule has 1 saturated heterocycles. The molecule has 2 aromatic carbocycles. The highest BCUT2D eigenvalue weighted by molar-refractivity contribution is 7.79.